The number of hydrogen-bond donors (Lipinski definition) is 1. The number of carbonyl (C=O) groups is 1. The fourth-order valence-electron chi connectivity index (χ4n) is 3.75. The van der Waals surface area contributed by atoms with E-state index in [1.165, 1.54) is 7.11 Å². The van der Waals surface area contributed by atoms with Gasteiger partial charge in [0.15, 0.2) is 23.4 Å². The number of fused-ring (bicyclic) bond motifs is 3. The van der Waals surface area contributed by atoms with Crippen LogP contribution in [-0.2, 0) is 10.2 Å². The zero-order chi connectivity index (χ0) is 21.1. The van der Waals surface area contributed by atoms with Crippen LogP contribution in [0.15, 0.2) is 33.4 Å². The maximum Gasteiger partial charge on any atom is 0.415 e. The monoisotopic (exact) mass is 416 g/mol. The minimum atomic E-state index is -0.783. The van der Waals surface area contributed by atoms with Gasteiger partial charge in [-0.25, -0.2) is 9.69 Å². The van der Waals surface area contributed by atoms with E-state index in [9.17, 15) is 4.79 Å². The van der Waals surface area contributed by atoms with Gasteiger partial charge in [0, 0.05) is 16.5 Å². The summed E-state index contributed by atoms with van der Waals surface area (Å²) in [5, 5.41) is 4.69. The van der Waals surface area contributed by atoms with Gasteiger partial charge in [-0.05, 0) is 26.0 Å². The number of anilines is 1. The molecule has 4 rings (SSSR count). The summed E-state index contributed by atoms with van der Waals surface area (Å²) >= 11 is 6.23. The van der Waals surface area contributed by atoms with Crippen LogP contribution in [0.3, 0.4) is 0 Å². The molecule has 0 radical (unpaired) electrons. The van der Waals surface area contributed by atoms with Crippen LogP contribution in [0.4, 0.5) is 16.2 Å². The lowest BCUT2D eigenvalue weighted by Crippen LogP contribution is -3.07. The van der Waals surface area contributed by atoms with Crippen molar-refractivity contribution in [3.8, 4) is 0 Å². The van der Waals surface area contributed by atoms with Gasteiger partial charge in [-0.1, -0.05) is 37.5 Å². The molecule has 1 atom stereocenters. The number of carbonyl (C=O) groups excluding carboxylic acids is 1. The number of aliphatic imine (C=N–C) groups is 1. The van der Waals surface area contributed by atoms with E-state index in [4.69, 9.17) is 20.9 Å². The normalized spacial score (nSPS) is 20.0. The summed E-state index contributed by atoms with van der Waals surface area (Å²) in [4.78, 5) is 24.4. The molecule has 8 nitrogen and oxygen atoms in total. The third-order valence-corrected chi connectivity index (χ3v) is 5.36. The maximum absolute atomic E-state index is 12.8. The zero-order valence-electron chi connectivity index (χ0n) is 17.2. The van der Waals surface area contributed by atoms with Gasteiger partial charge in [-0.3, -0.25) is 4.90 Å². The van der Waals surface area contributed by atoms with Crippen LogP contribution in [0, 0.1) is 0 Å². The average molecular weight is 417 g/mol. The Morgan fingerprint density at radius 3 is 2.66 bits per heavy atom. The largest absolute Gasteiger partial charge is 0.452 e. The molecule has 152 valence electrons. The third-order valence-electron chi connectivity index (χ3n) is 5.13. The molecule has 1 aromatic carbocycles. The Labute approximate surface area is 173 Å². The zero-order valence-corrected chi connectivity index (χ0v) is 18.0. The Bertz CT molecular complexity index is 1060. The number of nitrogens with one attached hydrogen (secondary N) is 1. The van der Waals surface area contributed by atoms with Crippen molar-refractivity contribution in [2.24, 2.45) is 4.99 Å². The predicted octanol–water partition coefficient (Wildman–Crippen LogP) is 3.31. The summed E-state index contributed by atoms with van der Waals surface area (Å²) in [6.45, 7) is 9.87. The topological polar surface area (TPSA) is 85.3 Å². The number of amides is 1. The number of benzene rings is 1. The van der Waals surface area contributed by atoms with Crippen LogP contribution in [0.2, 0.25) is 5.02 Å². The van der Waals surface area contributed by atoms with Crippen molar-refractivity contribution < 1.29 is 19.0 Å². The molecular formula is C20H23ClN5O3+. The van der Waals surface area contributed by atoms with E-state index in [-0.39, 0.29) is 5.41 Å². The molecule has 3 heterocycles. The van der Waals surface area contributed by atoms with Crippen LogP contribution in [0.25, 0.3) is 5.70 Å². The number of methoxy groups -OCH3 is 1. The number of aromatic nitrogens is 2. The molecule has 2 aromatic rings. The summed E-state index contributed by atoms with van der Waals surface area (Å²) < 4.78 is 10.6. The van der Waals surface area contributed by atoms with Crippen molar-refractivity contribution in [2.75, 3.05) is 12.0 Å². The second kappa shape index (κ2) is 6.40. The minimum absolute atomic E-state index is 0.283. The highest BCUT2D eigenvalue weighted by Crippen LogP contribution is 2.42. The van der Waals surface area contributed by atoms with Crippen LogP contribution in [0.1, 0.15) is 46.3 Å². The minimum Gasteiger partial charge on any atom is -0.452 e. The van der Waals surface area contributed by atoms with E-state index in [2.05, 4.69) is 15.1 Å². The van der Waals surface area contributed by atoms with Crippen LogP contribution >= 0.6 is 11.6 Å². The number of nitrogens with zero attached hydrogens (tertiary/aromatic N) is 4. The lowest BCUT2D eigenvalue weighted by molar-refractivity contribution is -0.679. The quantitative estimate of drug-likeness (QED) is 0.770. The Balaban J connectivity index is 1.94. The Morgan fingerprint density at radius 1 is 1.31 bits per heavy atom. The third kappa shape index (κ3) is 2.94. The number of halogens is 1. The first-order valence-electron chi connectivity index (χ1n) is 9.24. The van der Waals surface area contributed by atoms with Crippen molar-refractivity contribution in [1.82, 2.24) is 10.1 Å². The van der Waals surface area contributed by atoms with Gasteiger partial charge in [-0.15, -0.1) is 0 Å². The van der Waals surface area contributed by atoms with Gasteiger partial charge in [0.2, 0.25) is 11.7 Å². The second-order valence-corrected chi connectivity index (χ2v) is 9.03. The number of rotatable bonds is 1. The van der Waals surface area contributed by atoms with Crippen LogP contribution < -0.4 is 9.80 Å². The Kier molecular flexibility index (Phi) is 4.32. The number of quaternary nitrogens is 1. The molecule has 1 unspecified atom stereocenters. The predicted molar refractivity (Wildman–Crippen MR) is 109 cm³/mol. The standard InChI is InChI=1S/C20H22ClN5O3/c1-19(2,3)17-23-16(24-29-17)14-15-20(4,5)26(18(27)28-6)13-9-11(21)7-8-12(13)25(15)10-22-14/h7-10H,1-6H3/p+1. The molecule has 0 spiro atoms. The first-order valence-corrected chi connectivity index (χ1v) is 9.62. The highest BCUT2D eigenvalue weighted by atomic mass is 35.5. The molecule has 0 bridgehead atoms. The molecule has 0 saturated heterocycles. The molecular weight excluding hydrogens is 394 g/mol. The summed E-state index contributed by atoms with van der Waals surface area (Å²) in [5.74, 6) is 0.918. The van der Waals surface area contributed by atoms with E-state index in [0.717, 1.165) is 16.3 Å². The van der Waals surface area contributed by atoms with E-state index in [0.29, 0.717) is 28.1 Å². The molecule has 9 heteroatoms. The summed E-state index contributed by atoms with van der Waals surface area (Å²) in [5.41, 5.74) is 1.86. The van der Waals surface area contributed by atoms with Crippen molar-refractivity contribution in [1.29, 1.82) is 0 Å². The first-order chi connectivity index (χ1) is 13.6. The molecule has 29 heavy (non-hydrogen) atoms. The summed E-state index contributed by atoms with van der Waals surface area (Å²) in [7, 11) is 1.36. The van der Waals surface area contributed by atoms with Crippen molar-refractivity contribution >= 4 is 41.1 Å². The smallest absolute Gasteiger partial charge is 0.415 e. The molecule has 1 amide bonds. The van der Waals surface area contributed by atoms with Crippen molar-refractivity contribution in [2.45, 2.75) is 45.6 Å². The maximum atomic E-state index is 12.8. The van der Waals surface area contributed by atoms with E-state index in [1.807, 2.05) is 40.7 Å². The van der Waals surface area contributed by atoms with E-state index in [1.54, 1.807) is 23.4 Å². The average Bonchev–Trinajstić information content (AvgIpc) is 3.28. The van der Waals surface area contributed by atoms with Gasteiger partial charge in [0.25, 0.3) is 0 Å². The molecule has 0 saturated carbocycles. The van der Waals surface area contributed by atoms with Gasteiger partial charge in [0.05, 0.1) is 7.11 Å². The summed E-state index contributed by atoms with van der Waals surface area (Å²) in [6.07, 6.45) is 1.29. The molecule has 0 aliphatic carbocycles. The van der Waals surface area contributed by atoms with Crippen molar-refractivity contribution in [3.05, 3.63) is 40.6 Å². The Hall–Kier alpha value is -2.71. The molecule has 1 N–H and O–H groups in total. The van der Waals surface area contributed by atoms with E-state index < -0.39 is 11.6 Å². The van der Waals surface area contributed by atoms with Crippen molar-refractivity contribution in [3.63, 3.8) is 0 Å². The van der Waals surface area contributed by atoms with Gasteiger partial charge in [0.1, 0.15) is 11.2 Å². The first kappa shape index (κ1) is 19.6. The lowest BCUT2D eigenvalue weighted by Gasteiger charge is -2.43. The number of hydrogen-bond acceptors (Lipinski definition) is 6. The number of ether oxygens (including phenoxy) is 1. The van der Waals surface area contributed by atoms with E-state index >= 15 is 0 Å². The van der Waals surface area contributed by atoms with Gasteiger partial charge in [-0.2, -0.15) is 9.98 Å². The molecule has 1 aromatic heterocycles. The second-order valence-electron chi connectivity index (χ2n) is 8.59. The molecule has 0 fully saturated rings. The lowest BCUT2D eigenvalue weighted by atomic mass is 9.91. The van der Waals surface area contributed by atoms with Crippen LogP contribution in [0.5, 0.6) is 0 Å². The Morgan fingerprint density at radius 2 is 2.03 bits per heavy atom. The molecule has 2 aliphatic rings. The SMILES string of the molecule is COC(=O)N1c2cc(Cl)ccc2[NH+]2C=NC(c3noc(C(C)(C)C)n3)=C2C1(C)C. The fraction of sp³-hybridized carbons (Fsp3) is 0.400. The summed E-state index contributed by atoms with van der Waals surface area (Å²) in [6, 6.07) is 5.43. The van der Waals surface area contributed by atoms with Gasteiger partial charge < -0.3 is 9.26 Å². The highest BCUT2D eigenvalue weighted by molar-refractivity contribution is 6.31. The van der Waals surface area contributed by atoms with Crippen LogP contribution in [-0.4, -0.2) is 35.2 Å². The molecule has 2 aliphatic heterocycles. The van der Waals surface area contributed by atoms with Gasteiger partial charge >= 0.3 is 6.09 Å². The highest BCUT2D eigenvalue weighted by Gasteiger charge is 2.53. The fourth-order valence-corrected chi connectivity index (χ4v) is 3.92.